The highest BCUT2D eigenvalue weighted by Crippen LogP contribution is 2.45. The summed E-state index contributed by atoms with van der Waals surface area (Å²) < 4.78 is 23.3. The van der Waals surface area contributed by atoms with Gasteiger partial charge < -0.3 is 18.6 Å². The number of aromatic nitrogens is 4. The molecule has 12 heteroatoms. The van der Waals surface area contributed by atoms with Crippen LogP contribution >= 0.6 is 23.2 Å². The van der Waals surface area contributed by atoms with Gasteiger partial charge in [0.1, 0.15) is 17.5 Å². The van der Waals surface area contributed by atoms with Crippen LogP contribution in [0.5, 0.6) is 5.88 Å². The third kappa shape index (κ3) is 4.43. The number of aryl methyl sites for hydroxylation is 1. The molecule has 3 aromatic heterocycles. The van der Waals surface area contributed by atoms with Crippen molar-refractivity contribution in [2.45, 2.75) is 25.9 Å². The number of carbonyl (C=O) groups excluding carboxylic acids is 2. The predicted octanol–water partition coefficient (Wildman–Crippen LogP) is 5.08. The van der Waals surface area contributed by atoms with Gasteiger partial charge in [-0.1, -0.05) is 35.3 Å². The summed E-state index contributed by atoms with van der Waals surface area (Å²) in [6, 6.07) is 7.01. The lowest BCUT2D eigenvalue weighted by Crippen LogP contribution is -2.36. The molecule has 0 radical (unpaired) electrons. The molecule has 40 heavy (non-hydrogen) atoms. The molecule has 0 fully saturated rings. The van der Waals surface area contributed by atoms with Crippen LogP contribution in [0.4, 0.5) is 5.69 Å². The first kappa shape index (κ1) is 26.1. The third-order valence-corrected chi connectivity index (χ3v) is 6.94. The standard InChI is InChI=1S/C28H25Cl2N5O5/c1-14(2)34-23-21(32-24(34)19-10-16(28(38)40-5)12-31-25(19)39-4)27(37)35(20-11-18(30)13-33(3)26(20)36)22(23)15-6-8-17(29)9-7-15/h6-14,22H,1-5H3/t22-/m1/s1/i22D. The smallest absolute Gasteiger partial charge is 0.339 e. The van der Waals surface area contributed by atoms with E-state index in [0.717, 1.165) is 4.90 Å². The number of halogens is 2. The zero-order valence-corrected chi connectivity index (χ0v) is 23.7. The molecule has 0 saturated heterocycles. The molecule has 1 aliphatic heterocycles. The van der Waals surface area contributed by atoms with Crippen molar-refractivity contribution >= 4 is 40.8 Å². The summed E-state index contributed by atoms with van der Waals surface area (Å²) in [5.74, 6) is -0.899. The summed E-state index contributed by atoms with van der Waals surface area (Å²) in [6.07, 6.45) is 2.74. The minimum Gasteiger partial charge on any atom is -0.480 e. The maximum absolute atomic E-state index is 14.2. The second-order valence-electron chi connectivity index (χ2n) is 9.32. The first-order valence-corrected chi connectivity index (χ1v) is 12.9. The normalized spacial score (nSPS) is 16.8. The number of anilines is 1. The van der Waals surface area contributed by atoms with Gasteiger partial charge in [0.25, 0.3) is 11.5 Å². The summed E-state index contributed by atoms with van der Waals surface area (Å²) in [5, 5.41) is 0.640. The fourth-order valence-electron chi connectivity index (χ4n) is 4.74. The van der Waals surface area contributed by atoms with E-state index in [1.165, 1.54) is 50.4 Å². The molecule has 10 nitrogen and oxygen atoms in total. The number of hydrogen-bond acceptors (Lipinski definition) is 7. The van der Waals surface area contributed by atoms with E-state index in [-0.39, 0.29) is 45.4 Å². The minimum atomic E-state index is -1.97. The van der Waals surface area contributed by atoms with Crippen molar-refractivity contribution < 1.29 is 20.4 Å². The summed E-state index contributed by atoms with van der Waals surface area (Å²) >= 11 is 12.5. The van der Waals surface area contributed by atoms with Gasteiger partial charge in [-0.2, -0.15) is 0 Å². The fraction of sp³-hybridized carbons (Fsp3) is 0.250. The Labute approximate surface area is 241 Å². The van der Waals surface area contributed by atoms with Crippen LogP contribution in [0.25, 0.3) is 11.4 Å². The van der Waals surface area contributed by atoms with Gasteiger partial charge in [0.15, 0.2) is 5.69 Å². The Hall–Kier alpha value is -4.15. The van der Waals surface area contributed by atoms with E-state index < -0.39 is 23.5 Å². The van der Waals surface area contributed by atoms with E-state index in [9.17, 15) is 15.8 Å². The monoisotopic (exact) mass is 582 g/mol. The SMILES string of the molecule is [2H][C@@]1(c2ccc(Cl)cc2)c2c(nc(-c3cc(C(=O)OC)cnc3OC)n2C(C)C)C(=O)N1c1cc(Cl)cn(C)c1=O. The lowest BCUT2D eigenvalue weighted by Gasteiger charge is -2.28. The number of nitrogens with zero attached hydrogens (tertiary/aromatic N) is 5. The number of fused-ring (bicyclic) bond motifs is 1. The summed E-state index contributed by atoms with van der Waals surface area (Å²) in [7, 11) is 4.19. The van der Waals surface area contributed by atoms with Gasteiger partial charge in [0, 0.05) is 30.5 Å². The number of ether oxygens (including phenoxy) is 2. The second-order valence-corrected chi connectivity index (χ2v) is 10.2. The fourth-order valence-corrected chi connectivity index (χ4v) is 5.11. The average Bonchev–Trinajstić information content (AvgIpc) is 3.45. The lowest BCUT2D eigenvalue weighted by molar-refractivity contribution is 0.0600. The van der Waals surface area contributed by atoms with Crippen LogP contribution in [0.2, 0.25) is 10.0 Å². The van der Waals surface area contributed by atoms with Crippen LogP contribution in [0.15, 0.2) is 53.6 Å². The Morgan fingerprint density at radius 2 is 1.80 bits per heavy atom. The van der Waals surface area contributed by atoms with Crippen molar-refractivity contribution in [1.29, 1.82) is 0 Å². The van der Waals surface area contributed by atoms with Gasteiger partial charge in [0.2, 0.25) is 5.88 Å². The molecule has 0 unspecified atom stereocenters. The maximum atomic E-state index is 14.2. The zero-order valence-electron chi connectivity index (χ0n) is 23.2. The zero-order chi connectivity index (χ0) is 29.8. The van der Waals surface area contributed by atoms with Gasteiger partial charge in [0.05, 0.1) is 37.4 Å². The van der Waals surface area contributed by atoms with Crippen LogP contribution in [0, 0.1) is 0 Å². The minimum absolute atomic E-state index is 0.0498. The molecule has 1 amide bonds. The summed E-state index contributed by atoms with van der Waals surface area (Å²) in [4.78, 5) is 49.9. The number of amides is 1. The molecule has 4 aromatic rings. The quantitative estimate of drug-likeness (QED) is 0.292. The Morgan fingerprint density at radius 1 is 1.10 bits per heavy atom. The Kier molecular flexibility index (Phi) is 6.81. The highest BCUT2D eigenvalue weighted by atomic mass is 35.5. The van der Waals surface area contributed by atoms with Crippen LogP contribution in [-0.4, -0.2) is 45.2 Å². The molecule has 4 heterocycles. The van der Waals surface area contributed by atoms with E-state index >= 15 is 0 Å². The Balaban J connectivity index is 1.87. The molecular weight excluding hydrogens is 557 g/mol. The second kappa shape index (κ2) is 10.4. The first-order valence-electron chi connectivity index (χ1n) is 12.7. The molecular formula is C28H25Cl2N5O5. The topological polar surface area (TPSA) is 109 Å². The number of benzene rings is 1. The highest BCUT2D eigenvalue weighted by Gasteiger charge is 2.46. The van der Waals surface area contributed by atoms with Crippen molar-refractivity contribution in [3.05, 3.63) is 91.7 Å². The number of methoxy groups -OCH3 is 2. The van der Waals surface area contributed by atoms with Crippen molar-refractivity contribution in [1.82, 2.24) is 19.1 Å². The average molecular weight is 583 g/mol. The molecule has 0 N–H and O–H groups in total. The number of esters is 1. The Bertz CT molecular complexity index is 1770. The molecule has 206 valence electrons. The van der Waals surface area contributed by atoms with E-state index in [1.807, 2.05) is 13.8 Å². The van der Waals surface area contributed by atoms with Gasteiger partial charge >= 0.3 is 5.97 Å². The van der Waals surface area contributed by atoms with Crippen LogP contribution in [0.1, 0.15) is 59.4 Å². The number of imidazole rings is 1. The van der Waals surface area contributed by atoms with Gasteiger partial charge in [-0.05, 0) is 43.7 Å². The van der Waals surface area contributed by atoms with Crippen molar-refractivity contribution in [2.24, 2.45) is 7.05 Å². The van der Waals surface area contributed by atoms with Crippen LogP contribution in [0.3, 0.4) is 0 Å². The van der Waals surface area contributed by atoms with Crippen molar-refractivity contribution in [3.8, 4) is 17.3 Å². The lowest BCUT2D eigenvalue weighted by atomic mass is 10.0. The molecule has 0 bridgehead atoms. The third-order valence-electron chi connectivity index (χ3n) is 6.48. The molecule has 1 atom stereocenters. The van der Waals surface area contributed by atoms with E-state index in [0.29, 0.717) is 16.1 Å². The van der Waals surface area contributed by atoms with E-state index in [1.54, 1.807) is 28.8 Å². The predicted molar refractivity (Wildman–Crippen MR) is 151 cm³/mol. The Morgan fingerprint density at radius 3 is 2.42 bits per heavy atom. The summed E-state index contributed by atoms with van der Waals surface area (Å²) in [5.41, 5.74) is 0.372. The number of rotatable bonds is 6. The largest absolute Gasteiger partial charge is 0.480 e. The number of hydrogen-bond donors (Lipinski definition) is 0. The van der Waals surface area contributed by atoms with Crippen LogP contribution in [-0.2, 0) is 11.8 Å². The van der Waals surface area contributed by atoms with Crippen LogP contribution < -0.4 is 15.2 Å². The van der Waals surface area contributed by atoms with Gasteiger partial charge in [-0.25, -0.2) is 14.8 Å². The first-order chi connectivity index (χ1) is 19.4. The van der Waals surface area contributed by atoms with Gasteiger partial charge in [-0.15, -0.1) is 0 Å². The van der Waals surface area contributed by atoms with E-state index in [2.05, 4.69) is 4.98 Å². The molecule has 1 aromatic carbocycles. The summed E-state index contributed by atoms with van der Waals surface area (Å²) in [6.45, 7) is 3.73. The maximum Gasteiger partial charge on any atom is 0.339 e. The molecule has 0 saturated carbocycles. The number of pyridine rings is 2. The molecule has 0 aliphatic carbocycles. The van der Waals surface area contributed by atoms with E-state index in [4.69, 9.17) is 37.7 Å². The van der Waals surface area contributed by atoms with Crippen molar-refractivity contribution in [3.63, 3.8) is 0 Å². The molecule has 1 aliphatic rings. The molecule has 5 rings (SSSR count). The highest BCUT2D eigenvalue weighted by molar-refractivity contribution is 6.31. The van der Waals surface area contributed by atoms with Gasteiger partial charge in [-0.3, -0.25) is 14.5 Å². The molecule has 0 spiro atoms. The van der Waals surface area contributed by atoms with Crippen molar-refractivity contribution in [2.75, 3.05) is 19.1 Å². The number of carbonyl (C=O) groups is 2.